The van der Waals surface area contributed by atoms with Crippen LogP contribution in [0.4, 0.5) is 0 Å². The highest BCUT2D eigenvalue weighted by atomic mass is 32.2. The predicted molar refractivity (Wildman–Crippen MR) is 109 cm³/mol. The number of likely N-dealkylation sites (tertiary alicyclic amines) is 1. The molecule has 0 aliphatic carbocycles. The molecule has 2 aliphatic heterocycles. The number of aromatic amines is 1. The Hall–Kier alpha value is -2.20. The molecule has 4 heterocycles. The molecule has 2 N–H and O–H groups in total. The van der Waals surface area contributed by atoms with Crippen LogP contribution in [0.1, 0.15) is 49.2 Å². The first-order valence-electron chi connectivity index (χ1n) is 10.1. The van der Waals surface area contributed by atoms with Crippen molar-refractivity contribution in [2.24, 2.45) is 0 Å². The van der Waals surface area contributed by atoms with Gasteiger partial charge in [0.2, 0.25) is 5.91 Å². The van der Waals surface area contributed by atoms with E-state index in [9.17, 15) is 18.0 Å². The van der Waals surface area contributed by atoms with Crippen LogP contribution < -0.4 is 10.9 Å². The molecule has 2 aromatic rings. The second-order valence-electron chi connectivity index (χ2n) is 7.97. The van der Waals surface area contributed by atoms with Crippen molar-refractivity contribution in [2.45, 2.75) is 51.6 Å². The number of carbonyl (C=O) groups excluding carboxylic acids is 1. The number of carbonyl (C=O) groups is 1. The van der Waals surface area contributed by atoms with Gasteiger partial charge < -0.3 is 10.2 Å². The lowest BCUT2D eigenvalue weighted by Gasteiger charge is -2.24. The molecular formula is C19H27N5O4S. The summed E-state index contributed by atoms with van der Waals surface area (Å²) in [4.78, 5) is 31.8. The minimum Gasteiger partial charge on any atom is -0.333 e. The Morgan fingerprint density at radius 1 is 1.38 bits per heavy atom. The molecule has 29 heavy (non-hydrogen) atoms. The molecule has 2 atom stereocenters. The number of rotatable bonds is 5. The van der Waals surface area contributed by atoms with Crippen LogP contribution >= 0.6 is 0 Å². The summed E-state index contributed by atoms with van der Waals surface area (Å²) in [5, 5.41) is 6.24. The normalized spacial score (nSPS) is 23.9. The molecule has 2 aliphatic rings. The highest BCUT2D eigenvalue weighted by Gasteiger charge is 2.33. The van der Waals surface area contributed by atoms with E-state index in [0.717, 1.165) is 24.2 Å². The summed E-state index contributed by atoms with van der Waals surface area (Å²) in [5.41, 5.74) is 2.69. The van der Waals surface area contributed by atoms with E-state index in [4.69, 9.17) is 0 Å². The van der Waals surface area contributed by atoms with E-state index in [-0.39, 0.29) is 41.6 Å². The van der Waals surface area contributed by atoms with Crippen molar-refractivity contribution in [1.29, 1.82) is 0 Å². The van der Waals surface area contributed by atoms with Gasteiger partial charge in [-0.25, -0.2) is 17.9 Å². The second-order valence-corrected chi connectivity index (χ2v) is 10.2. The zero-order valence-corrected chi connectivity index (χ0v) is 17.6. The summed E-state index contributed by atoms with van der Waals surface area (Å²) in [7, 11) is -2.98. The molecule has 158 valence electrons. The zero-order chi connectivity index (χ0) is 20.8. The van der Waals surface area contributed by atoms with Gasteiger partial charge in [-0.05, 0) is 32.6 Å². The monoisotopic (exact) mass is 421 g/mol. The van der Waals surface area contributed by atoms with E-state index >= 15 is 0 Å². The molecule has 2 fully saturated rings. The fraction of sp³-hybridized carbons (Fsp3) is 0.632. The van der Waals surface area contributed by atoms with Gasteiger partial charge in [0.25, 0.3) is 5.56 Å². The molecule has 4 rings (SSSR count). The first-order chi connectivity index (χ1) is 13.8. The summed E-state index contributed by atoms with van der Waals surface area (Å²) in [5.74, 6) is 0.224. The van der Waals surface area contributed by atoms with E-state index in [1.165, 1.54) is 4.52 Å². The number of nitrogens with zero attached hydrogens (tertiary/aromatic N) is 3. The van der Waals surface area contributed by atoms with Gasteiger partial charge in [0, 0.05) is 29.9 Å². The SMILES string of the molecule is CCc1c(C)nc2cc([C@H]3CCCN3C(=O)CN[C@H]3CCS(=O)(=O)C3)[nH]n2c1=O. The van der Waals surface area contributed by atoms with Gasteiger partial charge in [-0.2, -0.15) is 0 Å². The molecule has 10 heteroatoms. The number of fused-ring (bicyclic) bond motifs is 1. The highest BCUT2D eigenvalue weighted by molar-refractivity contribution is 7.91. The molecule has 0 saturated carbocycles. The average molecular weight is 422 g/mol. The van der Waals surface area contributed by atoms with Gasteiger partial charge in [-0.15, -0.1) is 0 Å². The number of nitrogens with one attached hydrogen (secondary N) is 2. The van der Waals surface area contributed by atoms with Crippen LogP contribution in [0.15, 0.2) is 10.9 Å². The zero-order valence-electron chi connectivity index (χ0n) is 16.8. The second kappa shape index (κ2) is 7.56. The van der Waals surface area contributed by atoms with E-state index < -0.39 is 9.84 Å². The minimum absolute atomic E-state index is 0.0545. The third-order valence-corrected chi connectivity index (χ3v) is 7.76. The van der Waals surface area contributed by atoms with Gasteiger partial charge in [0.05, 0.1) is 29.8 Å². The lowest BCUT2D eigenvalue weighted by molar-refractivity contribution is -0.131. The van der Waals surface area contributed by atoms with Crippen molar-refractivity contribution in [1.82, 2.24) is 24.8 Å². The number of hydrogen-bond donors (Lipinski definition) is 2. The van der Waals surface area contributed by atoms with Crippen molar-refractivity contribution in [3.05, 3.63) is 33.4 Å². The number of H-pyrrole nitrogens is 1. The number of hydrogen-bond acceptors (Lipinski definition) is 6. The van der Waals surface area contributed by atoms with E-state index in [2.05, 4.69) is 15.4 Å². The maximum atomic E-state index is 12.8. The lowest BCUT2D eigenvalue weighted by atomic mass is 10.1. The molecule has 0 unspecified atom stereocenters. The summed E-state index contributed by atoms with van der Waals surface area (Å²) in [6, 6.07) is 1.56. The van der Waals surface area contributed by atoms with Crippen LogP contribution in [0.25, 0.3) is 5.65 Å². The molecular weight excluding hydrogens is 394 g/mol. The number of sulfone groups is 1. The summed E-state index contributed by atoms with van der Waals surface area (Å²) < 4.78 is 24.6. The van der Waals surface area contributed by atoms with Gasteiger partial charge in [-0.1, -0.05) is 6.92 Å². The topological polar surface area (TPSA) is 117 Å². The fourth-order valence-corrected chi connectivity index (χ4v) is 6.15. The Labute approximate surface area is 169 Å². The van der Waals surface area contributed by atoms with Crippen LogP contribution in [-0.4, -0.2) is 64.5 Å². The van der Waals surface area contributed by atoms with Crippen LogP contribution in [0.2, 0.25) is 0 Å². The highest BCUT2D eigenvalue weighted by Crippen LogP contribution is 2.31. The summed E-state index contributed by atoms with van der Waals surface area (Å²) in [6.07, 6.45) is 2.86. The minimum atomic E-state index is -2.98. The maximum Gasteiger partial charge on any atom is 0.276 e. The Morgan fingerprint density at radius 3 is 2.86 bits per heavy atom. The van der Waals surface area contributed by atoms with Crippen molar-refractivity contribution in [3.63, 3.8) is 0 Å². The number of amides is 1. The van der Waals surface area contributed by atoms with Gasteiger partial charge in [0.15, 0.2) is 15.5 Å². The molecule has 0 aromatic carbocycles. The van der Waals surface area contributed by atoms with Gasteiger partial charge in [-0.3, -0.25) is 14.7 Å². The molecule has 9 nitrogen and oxygen atoms in total. The summed E-state index contributed by atoms with van der Waals surface area (Å²) >= 11 is 0. The van der Waals surface area contributed by atoms with Crippen LogP contribution in [0.3, 0.4) is 0 Å². The van der Waals surface area contributed by atoms with Crippen molar-refractivity contribution in [3.8, 4) is 0 Å². The lowest BCUT2D eigenvalue weighted by Crippen LogP contribution is -2.42. The van der Waals surface area contributed by atoms with Crippen molar-refractivity contribution in [2.75, 3.05) is 24.6 Å². The van der Waals surface area contributed by atoms with E-state index in [0.29, 0.717) is 30.6 Å². The Kier molecular flexibility index (Phi) is 5.24. The third-order valence-electron chi connectivity index (χ3n) is 5.99. The fourth-order valence-electron chi connectivity index (χ4n) is 4.44. The standard InChI is InChI=1S/C19H27N5O4S/c1-3-14-12(2)21-17-9-15(22-24(17)19(14)26)16-5-4-7-23(16)18(25)10-20-13-6-8-29(27,28)11-13/h9,13,16,20,22H,3-8,10-11H2,1-2H3/t13-,16+/m0/s1. The summed E-state index contributed by atoms with van der Waals surface area (Å²) in [6.45, 7) is 4.54. The van der Waals surface area contributed by atoms with E-state index in [1.807, 2.05) is 19.9 Å². The molecule has 0 spiro atoms. The predicted octanol–water partition coefficient (Wildman–Crippen LogP) is 0.334. The smallest absolute Gasteiger partial charge is 0.276 e. The molecule has 1 amide bonds. The first-order valence-corrected chi connectivity index (χ1v) is 12.0. The Bertz CT molecular complexity index is 1100. The molecule has 0 radical (unpaired) electrons. The number of aromatic nitrogens is 3. The maximum absolute atomic E-state index is 12.8. The van der Waals surface area contributed by atoms with Gasteiger partial charge >= 0.3 is 0 Å². The molecule has 2 aromatic heterocycles. The largest absolute Gasteiger partial charge is 0.333 e. The van der Waals surface area contributed by atoms with Crippen molar-refractivity contribution < 1.29 is 13.2 Å². The Morgan fingerprint density at radius 2 is 2.17 bits per heavy atom. The van der Waals surface area contributed by atoms with Crippen LogP contribution in [-0.2, 0) is 21.1 Å². The van der Waals surface area contributed by atoms with Crippen LogP contribution in [0, 0.1) is 6.92 Å². The van der Waals surface area contributed by atoms with Crippen LogP contribution in [0.5, 0.6) is 0 Å². The molecule has 2 saturated heterocycles. The third kappa shape index (κ3) is 3.83. The van der Waals surface area contributed by atoms with E-state index in [1.54, 1.807) is 4.90 Å². The first kappa shape index (κ1) is 20.1. The number of aryl methyl sites for hydroxylation is 1. The average Bonchev–Trinajstić information content (AvgIpc) is 3.37. The quantitative estimate of drug-likeness (QED) is 0.719. The van der Waals surface area contributed by atoms with Crippen molar-refractivity contribution >= 4 is 21.4 Å². The molecule has 0 bridgehead atoms. The van der Waals surface area contributed by atoms with Gasteiger partial charge in [0.1, 0.15) is 0 Å². The Balaban J connectivity index is 1.51.